The molecule has 0 radical (unpaired) electrons. The molecule has 1 saturated carbocycles. The lowest BCUT2D eigenvalue weighted by atomic mass is 9.92. The molecule has 0 unspecified atom stereocenters. The zero-order valence-corrected chi connectivity index (χ0v) is 14.8. The Balaban J connectivity index is 1.87. The van der Waals surface area contributed by atoms with E-state index in [1.165, 1.54) is 18.2 Å². The molecule has 2 rings (SSSR count). The summed E-state index contributed by atoms with van der Waals surface area (Å²) >= 11 is 0. The minimum atomic E-state index is -0.499. The summed E-state index contributed by atoms with van der Waals surface area (Å²) in [6, 6.07) is 4.26. The van der Waals surface area contributed by atoms with Gasteiger partial charge >= 0.3 is 6.09 Å². The maximum atomic E-state index is 13.3. The van der Waals surface area contributed by atoms with Crippen LogP contribution in [-0.4, -0.2) is 35.8 Å². The summed E-state index contributed by atoms with van der Waals surface area (Å²) in [5.74, 6) is 0.0245. The summed E-state index contributed by atoms with van der Waals surface area (Å²) in [4.78, 5) is 13.8. The number of hydrogen-bond acceptors (Lipinski definition) is 4. The van der Waals surface area contributed by atoms with Crippen molar-refractivity contribution in [3.8, 4) is 5.75 Å². The Morgan fingerprint density at radius 2 is 1.88 bits per heavy atom. The average molecular weight is 338 g/mol. The Bertz CT molecular complexity index is 578. The van der Waals surface area contributed by atoms with Crippen molar-refractivity contribution in [2.24, 2.45) is 0 Å². The van der Waals surface area contributed by atoms with Gasteiger partial charge in [-0.05, 0) is 58.6 Å². The highest BCUT2D eigenvalue weighted by Gasteiger charge is 2.30. The molecule has 1 aromatic rings. The van der Waals surface area contributed by atoms with E-state index in [-0.39, 0.29) is 24.1 Å². The van der Waals surface area contributed by atoms with Gasteiger partial charge in [-0.2, -0.15) is 0 Å². The van der Waals surface area contributed by atoms with Crippen LogP contribution >= 0.6 is 0 Å². The Morgan fingerprint density at radius 1 is 1.25 bits per heavy atom. The fourth-order valence-corrected chi connectivity index (χ4v) is 2.82. The smallest absolute Gasteiger partial charge is 0.410 e. The number of halogens is 1. The molecule has 5 nitrogen and oxygen atoms in total. The second-order valence-corrected chi connectivity index (χ2v) is 7.32. The van der Waals surface area contributed by atoms with Crippen molar-refractivity contribution < 1.29 is 18.7 Å². The summed E-state index contributed by atoms with van der Waals surface area (Å²) in [7, 11) is 1.77. The van der Waals surface area contributed by atoms with Gasteiger partial charge in [-0.15, -0.1) is 0 Å². The van der Waals surface area contributed by atoms with E-state index in [1.807, 2.05) is 20.8 Å². The lowest BCUT2D eigenvalue weighted by Gasteiger charge is -2.35. The lowest BCUT2D eigenvalue weighted by Crippen LogP contribution is -2.43. The van der Waals surface area contributed by atoms with Crippen LogP contribution in [-0.2, 0) is 4.74 Å². The maximum Gasteiger partial charge on any atom is 0.410 e. The van der Waals surface area contributed by atoms with Crippen LogP contribution in [0.25, 0.3) is 0 Å². The Labute approximate surface area is 142 Å². The fourth-order valence-electron chi connectivity index (χ4n) is 2.82. The van der Waals surface area contributed by atoms with Crippen molar-refractivity contribution in [2.45, 2.75) is 64.2 Å². The Kier molecular flexibility index (Phi) is 5.57. The highest BCUT2D eigenvalue weighted by molar-refractivity contribution is 5.68. The van der Waals surface area contributed by atoms with E-state index in [0.29, 0.717) is 11.4 Å². The molecular weight excluding hydrogens is 311 g/mol. The van der Waals surface area contributed by atoms with Crippen LogP contribution in [0.1, 0.15) is 46.5 Å². The number of nitrogens with two attached hydrogens (primary N) is 1. The lowest BCUT2D eigenvalue weighted by molar-refractivity contribution is 0.0139. The second-order valence-electron chi connectivity index (χ2n) is 7.32. The van der Waals surface area contributed by atoms with Crippen molar-refractivity contribution in [3.05, 3.63) is 24.0 Å². The standard InChI is InChI=1S/C18H27FN2O3/c1-18(2,3)24-17(22)21(4)13-6-8-14(9-7-13)23-16-11-12(19)5-10-15(16)20/h5,10-11,13-14H,6-9,20H2,1-4H3/t13-,14-. The first-order chi connectivity index (χ1) is 11.2. The van der Waals surface area contributed by atoms with Crippen molar-refractivity contribution in [1.29, 1.82) is 0 Å². The van der Waals surface area contributed by atoms with Crippen LogP contribution in [0.5, 0.6) is 5.75 Å². The van der Waals surface area contributed by atoms with Gasteiger partial charge in [0.1, 0.15) is 17.2 Å². The third-order valence-electron chi connectivity index (χ3n) is 4.14. The van der Waals surface area contributed by atoms with E-state index in [1.54, 1.807) is 11.9 Å². The predicted molar refractivity (Wildman–Crippen MR) is 91.5 cm³/mol. The summed E-state index contributed by atoms with van der Waals surface area (Å²) in [5.41, 5.74) is 5.75. The van der Waals surface area contributed by atoms with Crippen LogP contribution in [0.3, 0.4) is 0 Å². The molecule has 1 aliphatic carbocycles. The third kappa shape index (κ3) is 5.01. The number of carbonyl (C=O) groups excluding carboxylic acids is 1. The number of ether oxygens (including phenoxy) is 2. The van der Waals surface area contributed by atoms with Crippen molar-refractivity contribution in [1.82, 2.24) is 4.90 Å². The van der Waals surface area contributed by atoms with Crippen LogP contribution < -0.4 is 10.5 Å². The van der Waals surface area contributed by atoms with Gasteiger partial charge in [-0.1, -0.05) is 0 Å². The van der Waals surface area contributed by atoms with E-state index in [9.17, 15) is 9.18 Å². The number of nitrogens with zero attached hydrogens (tertiary/aromatic N) is 1. The van der Waals surface area contributed by atoms with E-state index in [0.717, 1.165) is 25.7 Å². The van der Waals surface area contributed by atoms with E-state index in [4.69, 9.17) is 15.2 Å². The molecule has 1 aliphatic rings. The number of nitrogen functional groups attached to an aromatic ring is 1. The quantitative estimate of drug-likeness (QED) is 0.847. The first kappa shape index (κ1) is 18.4. The molecule has 0 atom stereocenters. The minimum Gasteiger partial charge on any atom is -0.488 e. The number of anilines is 1. The Morgan fingerprint density at radius 3 is 2.46 bits per heavy atom. The maximum absolute atomic E-state index is 13.3. The molecule has 0 aromatic heterocycles. The van der Waals surface area contributed by atoms with Gasteiger partial charge in [-0.3, -0.25) is 0 Å². The van der Waals surface area contributed by atoms with Gasteiger partial charge < -0.3 is 20.1 Å². The normalized spacial score (nSPS) is 21.2. The molecular formula is C18H27FN2O3. The van der Waals surface area contributed by atoms with Crippen molar-refractivity contribution in [2.75, 3.05) is 12.8 Å². The topological polar surface area (TPSA) is 64.8 Å². The molecule has 0 aliphatic heterocycles. The molecule has 0 saturated heterocycles. The van der Waals surface area contributed by atoms with Gasteiger partial charge in [0.2, 0.25) is 0 Å². The second kappa shape index (κ2) is 7.28. The van der Waals surface area contributed by atoms with Gasteiger partial charge in [0.15, 0.2) is 0 Å². The van der Waals surface area contributed by atoms with Crippen LogP contribution in [0, 0.1) is 5.82 Å². The van der Waals surface area contributed by atoms with Crippen LogP contribution in [0.4, 0.5) is 14.9 Å². The molecule has 134 valence electrons. The molecule has 0 heterocycles. The Hall–Kier alpha value is -1.98. The summed E-state index contributed by atoms with van der Waals surface area (Å²) < 4.78 is 24.5. The zero-order valence-electron chi connectivity index (χ0n) is 14.8. The number of rotatable bonds is 3. The molecule has 1 aromatic carbocycles. The minimum absolute atomic E-state index is 0.0163. The molecule has 1 fully saturated rings. The summed E-state index contributed by atoms with van der Waals surface area (Å²) in [5, 5.41) is 0. The van der Waals surface area contributed by atoms with Crippen LogP contribution in [0.2, 0.25) is 0 Å². The van der Waals surface area contributed by atoms with E-state index >= 15 is 0 Å². The first-order valence-electron chi connectivity index (χ1n) is 8.33. The third-order valence-corrected chi connectivity index (χ3v) is 4.14. The van der Waals surface area contributed by atoms with Crippen LogP contribution in [0.15, 0.2) is 18.2 Å². The highest BCUT2D eigenvalue weighted by Crippen LogP contribution is 2.30. The van der Waals surface area contributed by atoms with Crippen molar-refractivity contribution >= 4 is 11.8 Å². The number of benzene rings is 1. The average Bonchev–Trinajstić information content (AvgIpc) is 2.49. The largest absolute Gasteiger partial charge is 0.488 e. The molecule has 2 N–H and O–H groups in total. The van der Waals surface area contributed by atoms with Gasteiger partial charge in [0.25, 0.3) is 0 Å². The number of carbonyl (C=O) groups is 1. The van der Waals surface area contributed by atoms with Gasteiger partial charge in [-0.25, -0.2) is 9.18 Å². The first-order valence-corrected chi connectivity index (χ1v) is 8.33. The summed E-state index contributed by atoms with van der Waals surface area (Å²) in [6.07, 6.45) is 2.88. The van der Waals surface area contributed by atoms with E-state index in [2.05, 4.69) is 0 Å². The molecule has 24 heavy (non-hydrogen) atoms. The van der Waals surface area contributed by atoms with Crippen molar-refractivity contribution in [3.63, 3.8) is 0 Å². The van der Waals surface area contributed by atoms with E-state index < -0.39 is 5.60 Å². The molecule has 0 spiro atoms. The molecule has 6 heteroatoms. The SMILES string of the molecule is CN(C(=O)OC(C)(C)C)[C@H]1CC[C@H](Oc2cc(F)ccc2N)CC1. The number of amides is 1. The molecule has 0 bridgehead atoms. The number of hydrogen-bond donors (Lipinski definition) is 1. The fraction of sp³-hybridized carbons (Fsp3) is 0.611. The monoisotopic (exact) mass is 338 g/mol. The predicted octanol–water partition coefficient (Wildman–Crippen LogP) is 3.96. The zero-order chi connectivity index (χ0) is 17.9. The molecule has 1 amide bonds. The van der Waals surface area contributed by atoms with Gasteiger partial charge in [0.05, 0.1) is 11.8 Å². The van der Waals surface area contributed by atoms with Gasteiger partial charge in [0, 0.05) is 19.2 Å². The summed E-state index contributed by atoms with van der Waals surface area (Å²) in [6.45, 7) is 5.56. The highest BCUT2D eigenvalue weighted by atomic mass is 19.1.